The van der Waals surface area contributed by atoms with Crippen LogP contribution < -0.4 is 9.64 Å². The van der Waals surface area contributed by atoms with Gasteiger partial charge in [-0.15, -0.1) is 0 Å². The Hall–Kier alpha value is -3.50. The van der Waals surface area contributed by atoms with E-state index in [2.05, 4.69) is 6.26 Å². The highest BCUT2D eigenvalue weighted by atomic mass is 16.6. The van der Waals surface area contributed by atoms with E-state index >= 15 is 0 Å². The molecule has 6 heteroatoms. The molecule has 1 atom stereocenters. The lowest BCUT2D eigenvalue weighted by Gasteiger charge is -2.24. The van der Waals surface area contributed by atoms with Crippen molar-refractivity contribution in [1.29, 1.82) is 0 Å². The number of allylic oxidation sites excluding steroid dienone is 1. The maximum atomic E-state index is 13.1. The van der Waals surface area contributed by atoms with Crippen molar-refractivity contribution in [2.45, 2.75) is 38.7 Å². The highest BCUT2D eigenvalue weighted by molar-refractivity contribution is 6.20. The van der Waals surface area contributed by atoms with E-state index in [1.165, 1.54) is 0 Å². The van der Waals surface area contributed by atoms with Gasteiger partial charge in [0.05, 0.1) is 11.6 Å². The largest absolute Gasteiger partial charge is 0.443 e. The zero-order chi connectivity index (χ0) is 20.8. The van der Waals surface area contributed by atoms with Crippen LogP contribution in [0, 0.1) is 6.26 Å². The summed E-state index contributed by atoms with van der Waals surface area (Å²) in [6, 6.07) is 13.9. The number of ether oxygens (including phenoxy) is 2. The Kier molecular flexibility index (Phi) is 4.44. The molecule has 146 valence electrons. The van der Waals surface area contributed by atoms with Crippen molar-refractivity contribution in [3.63, 3.8) is 0 Å². The van der Waals surface area contributed by atoms with Crippen LogP contribution in [0.3, 0.4) is 0 Å². The minimum atomic E-state index is -0.739. The summed E-state index contributed by atoms with van der Waals surface area (Å²) in [5.74, 6) is -0.914. The number of anilines is 1. The molecule has 0 fully saturated rings. The molecule has 2 aromatic carbocycles. The zero-order valence-electron chi connectivity index (χ0n) is 16.4. The number of imide groups is 1. The lowest BCUT2D eigenvalue weighted by Crippen LogP contribution is -2.39. The van der Waals surface area contributed by atoms with E-state index in [1.807, 2.05) is 0 Å². The summed E-state index contributed by atoms with van der Waals surface area (Å²) < 4.78 is 10.9. The monoisotopic (exact) mass is 390 g/mol. The second-order valence-corrected chi connectivity index (χ2v) is 7.98. The normalized spacial score (nSPS) is 17.7. The van der Waals surface area contributed by atoms with Crippen LogP contribution in [0.1, 0.15) is 49.0 Å². The van der Waals surface area contributed by atoms with Gasteiger partial charge in [0, 0.05) is 12.5 Å². The molecular formula is C23H20NO5+. The molecule has 29 heavy (non-hydrogen) atoms. The predicted octanol–water partition coefficient (Wildman–Crippen LogP) is 4.40. The number of hydrogen-bond acceptors (Lipinski definition) is 5. The Morgan fingerprint density at radius 2 is 1.79 bits per heavy atom. The van der Waals surface area contributed by atoms with E-state index in [0.717, 1.165) is 4.90 Å². The summed E-state index contributed by atoms with van der Waals surface area (Å²) in [7, 11) is 0. The molecule has 0 unspecified atom stereocenters. The number of carbonyl (C=O) groups is 3. The van der Waals surface area contributed by atoms with E-state index in [4.69, 9.17) is 9.47 Å². The molecule has 0 aromatic heterocycles. The van der Waals surface area contributed by atoms with Crippen LogP contribution in [0.2, 0.25) is 0 Å². The molecule has 2 heterocycles. The summed E-state index contributed by atoms with van der Waals surface area (Å²) in [4.78, 5) is 39.7. The van der Waals surface area contributed by atoms with Crippen molar-refractivity contribution in [1.82, 2.24) is 0 Å². The maximum Gasteiger partial charge on any atom is 0.421 e. The molecule has 0 spiro atoms. The van der Waals surface area contributed by atoms with E-state index in [1.54, 1.807) is 69.3 Å². The summed E-state index contributed by atoms with van der Waals surface area (Å²) in [6.07, 6.45) is 2.02. The van der Waals surface area contributed by atoms with Gasteiger partial charge >= 0.3 is 11.9 Å². The minimum absolute atomic E-state index is 0.0856. The Morgan fingerprint density at radius 1 is 1.10 bits per heavy atom. The van der Waals surface area contributed by atoms with Crippen molar-refractivity contribution in [3.05, 3.63) is 71.5 Å². The van der Waals surface area contributed by atoms with E-state index in [-0.39, 0.29) is 17.8 Å². The molecule has 2 aliphatic rings. The zero-order valence-corrected chi connectivity index (χ0v) is 16.4. The Labute approximate surface area is 168 Å². The van der Waals surface area contributed by atoms with E-state index in [9.17, 15) is 14.4 Å². The molecule has 0 N–H and O–H groups in total. The number of nitrogens with zero attached hydrogens (tertiary/aromatic N) is 1. The molecule has 0 saturated carbocycles. The number of benzene rings is 2. The topological polar surface area (TPSA) is 72.9 Å². The van der Waals surface area contributed by atoms with Crippen molar-refractivity contribution in [3.8, 4) is 5.75 Å². The summed E-state index contributed by atoms with van der Waals surface area (Å²) in [5, 5.41) is 0. The van der Waals surface area contributed by atoms with Crippen LogP contribution >= 0.6 is 0 Å². The van der Waals surface area contributed by atoms with Gasteiger partial charge in [0.2, 0.25) is 17.7 Å². The van der Waals surface area contributed by atoms with Crippen molar-refractivity contribution in [2.24, 2.45) is 0 Å². The van der Waals surface area contributed by atoms with E-state index in [0.29, 0.717) is 22.6 Å². The Morgan fingerprint density at radius 3 is 2.55 bits per heavy atom. The molecular weight excluding hydrogens is 370 g/mol. The number of Topliss-reactive ketones (excluding diaryl/α,β-unsaturated/α-hetero) is 1. The van der Waals surface area contributed by atoms with Gasteiger partial charge in [-0.25, -0.2) is 14.5 Å². The quantitative estimate of drug-likeness (QED) is 0.711. The van der Waals surface area contributed by atoms with Crippen LogP contribution in [0.25, 0.3) is 0 Å². The number of carbonyl (C=O) groups excluding carboxylic acids is 3. The van der Waals surface area contributed by atoms with Crippen LogP contribution in [0.5, 0.6) is 5.75 Å². The van der Waals surface area contributed by atoms with Crippen LogP contribution in [-0.2, 0) is 9.53 Å². The molecule has 6 nitrogen and oxygen atoms in total. The third-order valence-electron chi connectivity index (χ3n) is 4.75. The molecule has 2 aromatic rings. The SMILES string of the molecule is CC(C)(C)OC(=O)N1C(=O)[C@H](CC2=[C+]Oc3ccccc3C2=O)c2ccccc21. The third kappa shape index (κ3) is 3.39. The van der Waals surface area contributed by atoms with Gasteiger partial charge < -0.3 is 4.74 Å². The van der Waals surface area contributed by atoms with Gasteiger partial charge in [-0.05, 0) is 44.5 Å². The lowest BCUT2D eigenvalue weighted by molar-refractivity contribution is -0.119. The predicted molar refractivity (Wildman–Crippen MR) is 106 cm³/mol. The second kappa shape index (κ2) is 6.83. The molecule has 0 radical (unpaired) electrons. The smallest absolute Gasteiger partial charge is 0.421 e. The van der Waals surface area contributed by atoms with Gasteiger partial charge in [0.1, 0.15) is 5.60 Å². The number of fused-ring (bicyclic) bond motifs is 2. The number of rotatable bonds is 2. The number of para-hydroxylation sites is 2. The summed E-state index contributed by atoms with van der Waals surface area (Å²) >= 11 is 0. The highest BCUT2D eigenvalue weighted by Gasteiger charge is 2.45. The third-order valence-corrected chi connectivity index (χ3v) is 4.75. The van der Waals surface area contributed by atoms with Crippen molar-refractivity contribution in [2.75, 3.05) is 4.90 Å². The number of ketones is 1. The fourth-order valence-electron chi connectivity index (χ4n) is 3.49. The molecule has 4 rings (SSSR count). The minimum Gasteiger partial charge on any atom is -0.443 e. The average molecular weight is 390 g/mol. The van der Waals surface area contributed by atoms with Gasteiger partial charge in [-0.2, -0.15) is 0 Å². The van der Waals surface area contributed by atoms with Gasteiger partial charge in [0.25, 0.3) is 5.75 Å². The van der Waals surface area contributed by atoms with E-state index < -0.39 is 23.5 Å². The van der Waals surface area contributed by atoms with Crippen molar-refractivity contribution < 1.29 is 23.9 Å². The molecule has 0 saturated heterocycles. The van der Waals surface area contributed by atoms with Gasteiger partial charge in [0.15, 0.2) is 5.56 Å². The molecule has 0 aliphatic carbocycles. The maximum absolute atomic E-state index is 13.1. The van der Waals surface area contributed by atoms with Crippen molar-refractivity contribution >= 4 is 23.5 Å². The number of amides is 2. The first-order valence-electron chi connectivity index (χ1n) is 9.34. The lowest BCUT2D eigenvalue weighted by atomic mass is 9.89. The highest BCUT2D eigenvalue weighted by Crippen LogP contribution is 2.42. The molecule has 2 amide bonds. The fourth-order valence-corrected chi connectivity index (χ4v) is 3.49. The molecule has 0 bridgehead atoms. The number of hydrogen-bond donors (Lipinski definition) is 0. The van der Waals surface area contributed by atoms with Crippen LogP contribution in [-0.4, -0.2) is 23.4 Å². The summed E-state index contributed by atoms with van der Waals surface area (Å²) in [6.45, 7) is 5.22. The standard InChI is InChI=1S/C23H20NO5/c1-23(2,3)29-22(27)24-18-10-6-4-8-15(18)17(21(24)26)12-14-13-28-19-11-7-5-9-16(19)20(14)25/h4-11,17H,12H2,1-3H3/q+1/t17-/m1/s1. The Balaban J connectivity index is 1.64. The Bertz CT molecular complexity index is 1050. The fraction of sp³-hybridized carbons (Fsp3) is 0.261. The van der Waals surface area contributed by atoms with Gasteiger partial charge in [-0.3, -0.25) is 9.53 Å². The second-order valence-electron chi connectivity index (χ2n) is 7.98. The first kappa shape index (κ1) is 18.8. The first-order valence-corrected chi connectivity index (χ1v) is 9.34. The van der Waals surface area contributed by atoms with Gasteiger partial charge in [-0.1, -0.05) is 24.3 Å². The molecule has 2 aliphatic heterocycles. The first-order chi connectivity index (χ1) is 13.8. The van der Waals surface area contributed by atoms with Crippen LogP contribution in [0.4, 0.5) is 10.5 Å². The summed E-state index contributed by atoms with van der Waals surface area (Å²) in [5.41, 5.74) is 1.11. The van der Waals surface area contributed by atoms with Crippen LogP contribution in [0.15, 0.2) is 54.1 Å². The average Bonchev–Trinajstić information content (AvgIpc) is 2.94.